The molecule has 0 atom stereocenters. The van der Waals surface area contributed by atoms with E-state index in [1.54, 1.807) is 16.9 Å². The smallest absolute Gasteiger partial charge is 0.257 e. The van der Waals surface area contributed by atoms with Gasteiger partial charge in [0.1, 0.15) is 0 Å². The second-order valence-electron chi connectivity index (χ2n) is 6.61. The number of nitrogens with one attached hydrogen (secondary N) is 1. The van der Waals surface area contributed by atoms with E-state index in [1.807, 2.05) is 6.92 Å². The van der Waals surface area contributed by atoms with E-state index < -0.39 is 10.0 Å². The highest BCUT2D eigenvalue weighted by molar-refractivity contribution is 7.89. The number of sulfonamides is 1. The van der Waals surface area contributed by atoms with Crippen molar-refractivity contribution in [1.82, 2.24) is 14.5 Å². The summed E-state index contributed by atoms with van der Waals surface area (Å²) in [7, 11) is -3.53. The minimum atomic E-state index is -3.53. The van der Waals surface area contributed by atoms with Crippen LogP contribution in [-0.4, -0.2) is 37.3 Å². The Morgan fingerprint density at radius 3 is 2.68 bits per heavy atom. The van der Waals surface area contributed by atoms with Crippen molar-refractivity contribution in [2.75, 3.05) is 18.0 Å². The largest absolute Gasteiger partial charge is 0.371 e. The molecule has 0 bridgehead atoms. The van der Waals surface area contributed by atoms with E-state index in [-0.39, 0.29) is 11.1 Å². The summed E-state index contributed by atoms with van der Waals surface area (Å²) in [6.07, 6.45) is 3.99. The summed E-state index contributed by atoms with van der Waals surface area (Å²) >= 11 is 0. The lowest BCUT2D eigenvalue weighted by atomic mass is 10.1. The highest BCUT2D eigenvalue weighted by Gasteiger charge is 2.26. The average Bonchev–Trinajstić information content (AvgIpc) is 3.05. The van der Waals surface area contributed by atoms with Crippen molar-refractivity contribution < 1.29 is 8.42 Å². The van der Waals surface area contributed by atoms with Crippen LogP contribution >= 0.6 is 0 Å². The van der Waals surface area contributed by atoms with E-state index in [0.29, 0.717) is 6.54 Å². The quantitative estimate of drug-likeness (QED) is 0.858. The molecule has 3 rings (SSSR count). The molecular weight excluding hydrogens is 336 g/mol. The lowest BCUT2D eigenvalue weighted by Gasteiger charge is -2.34. The summed E-state index contributed by atoms with van der Waals surface area (Å²) in [4.78, 5) is 2.32. The predicted octanol–water partition coefficient (Wildman–Crippen LogP) is 2.55. The Kier molecular flexibility index (Phi) is 5.44. The van der Waals surface area contributed by atoms with Gasteiger partial charge in [0, 0.05) is 31.4 Å². The van der Waals surface area contributed by atoms with Gasteiger partial charge in [0.25, 0.3) is 10.0 Å². The highest BCUT2D eigenvalue weighted by atomic mass is 32.2. The van der Waals surface area contributed by atoms with Gasteiger partial charge >= 0.3 is 0 Å². The summed E-state index contributed by atoms with van der Waals surface area (Å²) in [5, 5.41) is 4.37. The molecule has 1 fully saturated rings. The molecular formula is C18H26N4O2S. The molecule has 1 aliphatic heterocycles. The molecule has 6 nitrogen and oxygen atoms in total. The first-order valence-electron chi connectivity index (χ1n) is 8.85. The number of aryl methyl sites for hydroxylation is 2. The third kappa shape index (κ3) is 4.22. The van der Waals surface area contributed by atoms with E-state index in [2.05, 4.69) is 45.9 Å². The average molecular weight is 362 g/mol. The summed E-state index contributed by atoms with van der Waals surface area (Å²) < 4.78 is 29.8. The Balaban J connectivity index is 1.62. The van der Waals surface area contributed by atoms with Crippen LogP contribution in [0.25, 0.3) is 0 Å². The van der Waals surface area contributed by atoms with Gasteiger partial charge in [-0.1, -0.05) is 19.1 Å². The van der Waals surface area contributed by atoms with Gasteiger partial charge in [-0.05, 0) is 49.9 Å². The van der Waals surface area contributed by atoms with Crippen molar-refractivity contribution >= 4 is 15.7 Å². The van der Waals surface area contributed by atoms with E-state index in [4.69, 9.17) is 0 Å². The minimum absolute atomic E-state index is 0.0314. The van der Waals surface area contributed by atoms with Crippen molar-refractivity contribution in [2.45, 2.75) is 50.7 Å². The number of rotatable bonds is 6. The Hall–Kier alpha value is -1.86. The number of aromatic nitrogens is 2. The van der Waals surface area contributed by atoms with Crippen molar-refractivity contribution in [3.8, 4) is 0 Å². The van der Waals surface area contributed by atoms with Crippen molar-refractivity contribution in [1.29, 1.82) is 0 Å². The SMILES string of the molecule is CCCn1nccc1S(=O)(=O)NC1CCN(c2cccc(C)c2)CC1. The second kappa shape index (κ2) is 7.58. The lowest BCUT2D eigenvalue weighted by Crippen LogP contribution is -2.45. The Bertz CT molecular complexity index is 808. The maximum absolute atomic E-state index is 12.7. The third-order valence-corrected chi connectivity index (χ3v) is 6.11. The Morgan fingerprint density at radius 1 is 1.24 bits per heavy atom. The van der Waals surface area contributed by atoms with Crippen LogP contribution in [0.4, 0.5) is 5.69 Å². The molecule has 7 heteroatoms. The molecule has 25 heavy (non-hydrogen) atoms. The fourth-order valence-electron chi connectivity index (χ4n) is 3.29. The fraction of sp³-hybridized carbons (Fsp3) is 0.500. The molecule has 1 aromatic carbocycles. The standard InChI is InChI=1S/C18H26N4O2S/c1-3-11-22-18(7-10-19-22)25(23,24)20-16-8-12-21(13-9-16)17-6-4-5-15(2)14-17/h4-7,10,14,16,20H,3,8-9,11-13H2,1-2H3. The number of nitrogens with zero attached hydrogens (tertiary/aromatic N) is 3. The molecule has 136 valence electrons. The van der Waals surface area contributed by atoms with Gasteiger partial charge < -0.3 is 4.90 Å². The van der Waals surface area contributed by atoms with Crippen LogP contribution in [-0.2, 0) is 16.6 Å². The number of benzene rings is 1. The normalized spacial score (nSPS) is 16.3. The fourth-order valence-corrected chi connectivity index (χ4v) is 4.74. The van der Waals surface area contributed by atoms with Crippen LogP contribution < -0.4 is 9.62 Å². The van der Waals surface area contributed by atoms with Crippen LogP contribution in [0.15, 0.2) is 41.6 Å². The Labute approximate surface area is 149 Å². The van der Waals surface area contributed by atoms with Crippen LogP contribution in [0.3, 0.4) is 0 Å². The maximum Gasteiger partial charge on any atom is 0.257 e. The van der Waals surface area contributed by atoms with Gasteiger partial charge in [0.05, 0.1) is 6.20 Å². The van der Waals surface area contributed by atoms with Crippen LogP contribution in [0.2, 0.25) is 0 Å². The van der Waals surface area contributed by atoms with Gasteiger partial charge in [0.15, 0.2) is 5.03 Å². The molecule has 1 aromatic heterocycles. The number of anilines is 1. The molecule has 0 amide bonds. The molecule has 2 aromatic rings. The first kappa shape index (κ1) is 17.9. The number of hydrogen-bond donors (Lipinski definition) is 1. The van der Waals surface area contributed by atoms with Gasteiger partial charge in [0.2, 0.25) is 0 Å². The van der Waals surface area contributed by atoms with Crippen LogP contribution in [0, 0.1) is 6.92 Å². The lowest BCUT2D eigenvalue weighted by molar-refractivity contribution is 0.454. The third-order valence-electron chi connectivity index (χ3n) is 4.57. The number of hydrogen-bond acceptors (Lipinski definition) is 4. The van der Waals surface area contributed by atoms with Gasteiger partial charge in [-0.25, -0.2) is 13.1 Å². The van der Waals surface area contributed by atoms with E-state index >= 15 is 0 Å². The molecule has 1 aliphatic rings. The number of piperidine rings is 1. The first-order valence-corrected chi connectivity index (χ1v) is 10.3. The highest BCUT2D eigenvalue weighted by Crippen LogP contribution is 2.22. The zero-order chi connectivity index (χ0) is 17.9. The second-order valence-corrected chi connectivity index (χ2v) is 8.28. The minimum Gasteiger partial charge on any atom is -0.371 e. The Morgan fingerprint density at radius 2 is 2.00 bits per heavy atom. The maximum atomic E-state index is 12.7. The predicted molar refractivity (Wildman–Crippen MR) is 99.3 cm³/mol. The van der Waals surface area contributed by atoms with Crippen molar-refractivity contribution in [2.24, 2.45) is 0 Å². The molecule has 0 aliphatic carbocycles. The van der Waals surface area contributed by atoms with Crippen molar-refractivity contribution in [3.63, 3.8) is 0 Å². The molecule has 0 saturated carbocycles. The summed E-state index contributed by atoms with van der Waals surface area (Å²) in [5.74, 6) is 0. The van der Waals surface area contributed by atoms with E-state index in [9.17, 15) is 8.42 Å². The van der Waals surface area contributed by atoms with Gasteiger partial charge in [-0.2, -0.15) is 5.10 Å². The van der Waals surface area contributed by atoms with Crippen LogP contribution in [0.1, 0.15) is 31.7 Å². The zero-order valence-corrected chi connectivity index (χ0v) is 15.7. The van der Waals surface area contributed by atoms with Gasteiger partial charge in [-0.3, -0.25) is 4.68 Å². The molecule has 0 radical (unpaired) electrons. The molecule has 1 saturated heterocycles. The summed E-state index contributed by atoms with van der Waals surface area (Å²) in [6.45, 7) is 6.40. The summed E-state index contributed by atoms with van der Waals surface area (Å²) in [6, 6.07) is 9.98. The summed E-state index contributed by atoms with van der Waals surface area (Å²) in [5.41, 5.74) is 2.45. The van der Waals surface area contributed by atoms with Crippen LogP contribution in [0.5, 0.6) is 0 Å². The zero-order valence-electron chi connectivity index (χ0n) is 14.9. The van der Waals surface area contributed by atoms with Crippen molar-refractivity contribution in [3.05, 3.63) is 42.1 Å². The monoisotopic (exact) mass is 362 g/mol. The van der Waals surface area contributed by atoms with Gasteiger partial charge in [-0.15, -0.1) is 0 Å². The molecule has 2 heterocycles. The first-order chi connectivity index (χ1) is 12.0. The van der Waals surface area contributed by atoms with E-state index in [1.165, 1.54) is 11.3 Å². The molecule has 0 unspecified atom stereocenters. The molecule has 0 spiro atoms. The van der Waals surface area contributed by atoms with E-state index in [0.717, 1.165) is 32.4 Å². The molecule has 1 N–H and O–H groups in total. The topological polar surface area (TPSA) is 67.2 Å².